The van der Waals surface area contributed by atoms with E-state index in [1.165, 1.54) is 6.07 Å². The van der Waals surface area contributed by atoms with E-state index in [0.717, 1.165) is 31.9 Å². The molecule has 0 radical (unpaired) electrons. The second-order valence-electron chi connectivity index (χ2n) is 4.44. The fraction of sp³-hybridized carbons (Fsp3) is 0.571. The van der Waals surface area contributed by atoms with Gasteiger partial charge in [0.2, 0.25) is 0 Å². The predicted octanol–water partition coefficient (Wildman–Crippen LogP) is 2.96. The summed E-state index contributed by atoms with van der Waals surface area (Å²) in [6, 6.07) is 1.22. The number of halogens is 1. The van der Waals surface area contributed by atoms with E-state index in [0.29, 0.717) is 18.9 Å². The van der Waals surface area contributed by atoms with Crippen molar-refractivity contribution in [3.8, 4) is 0 Å². The maximum atomic E-state index is 13.2. The number of hydrogen-bond donors (Lipinski definition) is 2. The fourth-order valence-corrected chi connectivity index (χ4v) is 1.67. The van der Waals surface area contributed by atoms with Gasteiger partial charge in [-0.05, 0) is 18.9 Å². The average Bonchev–Trinajstić information content (AvgIpc) is 2.42. The molecule has 0 atom stereocenters. The minimum absolute atomic E-state index is 0.268. The van der Waals surface area contributed by atoms with Crippen LogP contribution in [0.2, 0.25) is 0 Å². The molecule has 4 nitrogen and oxygen atoms in total. The Kier molecular flexibility index (Phi) is 6.85. The highest BCUT2D eigenvalue weighted by atomic mass is 19.1. The molecule has 5 heteroatoms. The predicted molar refractivity (Wildman–Crippen MR) is 74.8 cm³/mol. The lowest BCUT2D eigenvalue weighted by Crippen LogP contribution is -2.26. The Labute approximate surface area is 113 Å². The number of unbranched alkanes of at least 4 members (excludes halogenated alkanes) is 2. The first-order valence-electron chi connectivity index (χ1n) is 6.86. The van der Waals surface area contributed by atoms with E-state index in [4.69, 9.17) is 0 Å². The van der Waals surface area contributed by atoms with Crippen molar-refractivity contribution in [3.05, 3.63) is 23.6 Å². The topological polar surface area (TPSA) is 54.0 Å². The van der Waals surface area contributed by atoms with E-state index in [1.54, 1.807) is 0 Å². The van der Waals surface area contributed by atoms with Crippen LogP contribution in [-0.4, -0.2) is 24.0 Å². The minimum atomic E-state index is -0.499. The van der Waals surface area contributed by atoms with Crippen LogP contribution in [0.1, 0.15) is 49.9 Å². The molecule has 0 aromatic carbocycles. The third-order valence-corrected chi connectivity index (χ3v) is 2.71. The monoisotopic (exact) mass is 267 g/mol. The molecule has 1 aromatic rings. The van der Waals surface area contributed by atoms with Crippen molar-refractivity contribution in [2.45, 2.75) is 39.5 Å². The third kappa shape index (κ3) is 5.24. The van der Waals surface area contributed by atoms with Gasteiger partial charge >= 0.3 is 0 Å². The minimum Gasteiger partial charge on any atom is -0.369 e. The molecule has 0 saturated heterocycles. The first kappa shape index (κ1) is 15.4. The van der Waals surface area contributed by atoms with Crippen molar-refractivity contribution in [3.63, 3.8) is 0 Å². The van der Waals surface area contributed by atoms with E-state index in [9.17, 15) is 9.18 Å². The van der Waals surface area contributed by atoms with Gasteiger partial charge in [0.15, 0.2) is 0 Å². The molecule has 0 aliphatic carbocycles. The lowest BCUT2D eigenvalue weighted by Gasteiger charge is -2.10. The maximum Gasteiger partial charge on any atom is 0.255 e. The number of aromatic nitrogens is 1. The molecular formula is C14H22FN3O. The highest BCUT2D eigenvalue weighted by Gasteiger charge is 2.13. The molecule has 106 valence electrons. The number of pyridine rings is 1. The van der Waals surface area contributed by atoms with E-state index >= 15 is 0 Å². The zero-order valence-corrected chi connectivity index (χ0v) is 11.6. The first-order chi connectivity index (χ1) is 9.19. The molecule has 1 rings (SSSR count). The van der Waals surface area contributed by atoms with Gasteiger partial charge in [0.05, 0.1) is 11.8 Å². The van der Waals surface area contributed by atoms with Gasteiger partial charge in [-0.2, -0.15) is 0 Å². The first-order valence-corrected chi connectivity index (χ1v) is 6.86. The summed E-state index contributed by atoms with van der Waals surface area (Å²) in [4.78, 5) is 15.9. The maximum absolute atomic E-state index is 13.2. The second-order valence-corrected chi connectivity index (χ2v) is 4.44. The van der Waals surface area contributed by atoms with Crippen LogP contribution < -0.4 is 10.6 Å². The Hall–Kier alpha value is -1.65. The number of hydrogen-bond acceptors (Lipinski definition) is 3. The van der Waals surface area contributed by atoms with Crippen LogP contribution in [0.15, 0.2) is 12.3 Å². The Morgan fingerprint density at radius 1 is 1.26 bits per heavy atom. The summed E-state index contributed by atoms with van der Waals surface area (Å²) < 4.78 is 13.2. The molecule has 1 aromatic heterocycles. The number of nitrogens with one attached hydrogen (secondary N) is 2. The van der Waals surface area contributed by atoms with Gasteiger partial charge in [-0.3, -0.25) is 4.79 Å². The highest BCUT2D eigenvalue weighted by molar-refractivity contribution is 5.98. The van der Waals surface area contributed by atoms with Crippen LogP contribution in [0.3, 0.4) is 0 Å². The zero-order chi connectivity index (χ0) is 14.1. The lowest BCUT2D eigenvalue weighted by molar-refractivity contribution is 0.0953. The molecule has 0 fully saturated rings. The Bertz CT molecular complexity index is 410. The van der Waals surface area contributed by atoms with Gasteiger partial charge < -0.3 is 10.6 Å². The van der Waals surface area contributed by atoms with Crippen molar-refractivity contribution in [1.29, 1.82) is 0 Å². The van der Waals surface area contributed by atoms with E-state index in [-0.39, 0.29) is 11.5 Å². The van der Waals surface area contributed by atoms with Gasteiger partial charge in [-0.1, -0.05) is 26.7 Å². The summed E-state index contributed by atoms with van der Waals surface area (Å²) in [7, 11) is 0. The number of carbonyl (C=O) groups excluding carboxylic acids is 1. The molecule has 1 amide bonds. The Morgan fingerprint density at radius 3 is 2.74 bits per heavy atom. The summed E-state index contributed by atoms with van der Waals surface area (Å²) >= 11 is 0. The van der Waals surface area contributed by atoms with Crippen molar-refractivity contribution in [1.82, 2.24) is 10.3 Å². The quantitative estimate of drug-likeness (QED) is 0.712. The highest BCUT2D eigenvalue weighted by Crippen LogP contribution is 2.13. The largest absolute Gasteiger partial charge is 0.369 e. The summed E-state index contributed by atoms with van der Waals surface area (Å²) in [5.74, 6) is -0.335. The van der Waals surface area contributed by atoms with Crippen LogP contribution in [0.5, 0.6) is 0 Å². The van der Waals surface area contributed by atoms with Gasteiger partial charge in [-0.15, -0.1) is 0 Å². The lowest BCUT2D eigenvalue weighted by atomic mass is 10.2. The van der Waals surface area contributed by atoms with Crippen molar-refractivity contribution in [2.24, 2.45) is 0 Å². The number of carbonyl (C=O) groups is 1. The summed E-state index contributed by atoms with van der Waals surface area (Å²) in [6.45, 7) is 5.43. The molecule has 19 heavy (non-hydrogen) atoms. The summed E-state index contributed by atoms with van der Waals surface area (Å²) in [6.07, 6.45) is 5.13. The molecule has 0 bridgehead atoms. The van der Waals surface area contributed by atoms with Crippen LogP contribution >= 0.6 is 0 Å². The van der Waals surface area contributed by atoms with Gasteiger partial charge in [0.25, 0.3) is 5.91 Å². The van der Waals surface area contributed by atoms with E-state index in [2.05, 4.69) is 22.5 Å². The van der Waals surface area contributed by atoms with Crippen LogP contribution in [0.25, 0.3) is 0 Å². The molecule has 1 heterocycles. The van der Waals surface area contributed by atoms with E-state index < -0.39 is 5.82 Å². The van der Waals surface area contributed by atoms with Crippen LogP contribution in [0, 0.1) is 5.82 Å². The standard InChI is InChI=1S/C14H22FN3O/c1-3-5-6-8-17-14(19)12-9-11(15)10-18-13(12)16-7-4-2/h9-10H,3-8H2,1-2H3,(H,16,18)(H,17,19). The molecule has 0 aliphatic rings. The van der Waals surface area contributed by atoms with Gasteiger partial charge in [0, 0.05) is 13.1 Å². The molecule has 0 saturated carbocycles. The summed E-state index contributed by atoms with van der Waals surface area (Å²) in [5, 5.41) is 5.83. The van der Waals surface area contributed by atoms with Crippen molar-refractivity contribution >= 4 is 11.7 Å². The Balaban J connectivity index is 2.67. The normalized spacial score (nSPS) is 10.3. The van der Waals surface area contributed by atoms with Crippen LogP contribution in [-0.2, 0) is 0 Å². The van der Waals surface area contributed by atoms with E-state index in [1.807, 2.05) is 6.92 Å². The van der Waals surface area contributed by atoms with Crippen LogP contribution in [0.4, 0.5) is 10.2 Å². The van der Waals surface area contributed by atoms with Crippen molar-refractivity contribution < 1.29 is 9.18 Å². The summed E-state index contributed by atoms with van der Waals surface area (Å²) in [5.41, 5.74) is 0.268. The second kappa shape index (κ2) is 8.45. The molecule has 0 unspecified atom stereocenters. The SMILES string of the molecule is CCCCCNC(=O)c1cc(F)cnc1NCCC. The molecule has 2 N–H and O–H groups in total. The average molecular weight is 267 g/mol. The number of amides is 1. The molecular weight excluding hydrogens is 245 g/mol. The van der Waals surface area contributed by atoms with Gasteiger partial charge in [0.1, 0.15) is 11.6 Å². The van der Waals surface area contributed by atoms with Crippen molar-refractivity contribution in [2.75, 3.05) is 18.4 Å². The number of nitrogens with zero attached hydrogens (tertiary/aromatic N) is 1. The Morgan fingerprint density at radius 2 is 2.05 bits per heavy atom. The number of rotatable bonds is 8. The third-order valence-electron chi connectivity index (χ3n) is 2.71. The fourth-order valence-electron chi connectivity index (χ4n) is 1.67. The zero-order valence-electron chi connectivity index (χ0n) is 11.6. The number of anilines is 1. The molecule has 0 aliphatic heterocycles. The molecule has 0 spiro atoms. The smallest absolute Gasteiger partial charge is 0.255 e. The van der Waals surface area contributed by atoms with Gasteiger partial charge in [-0.25, -0.2) is 9.37 Å².